The number of benzene rings is 1. The van der Waals surface area contributed by atoms with Crippen LogP contribution >= 0.6 is 0 Å². The van der Waals surface area contributed by atoms with Gasteiger partial charge in [-0.15, -0.1) is 0 Å². The van der Waals surface area contributed by atoms with E-state index >= 15 is 0 Å². The second kappa shape index (κ2) is 5.08. The van der Waals surface area contributed by atoms with Crippen molar-refractivity contribution in [1.82, 2.24) is 5.32 Å². The SMILES string of the molecule is Cc1ccccc1CNC(=O)c1cc(C)c(C)o1. The Labute approximate surface area is 107 Å². The molecule has 1 amide bonds. The lowest BCUT2D eigenvalue weighted by atomic mass is 10.1. The zero-order valence-electron chi connectivity index (χ0n) is 10.9. The number of carbonyl (C=O) groups is 1. The molecule has 1 N–H and O–H groups in total. The third-order valence-electron chi connectivity index (χ3n) is 3.09. The number of hydrogen-bond acceptors (Lipinski definition) is 2. The zero-order valence-corrected chi connectivity index (χ0v) is 10.9. The van der Waals surface area contributed by atoms with Gasteiger partial charge in [-0.05, 0) is 43.5 Å². The number of carbonyl (C=O) groups excluding carboxylic acids is 1. The van der Waals surface area contributed by atoms with Crippen LogP contribution in [0.4, 0.5) is 0 Å². The highest BCUT2D eigenvalue weighted by molar-refractivity contribution is 5.91. The van der Waals surface area contributed by atoms with Crippen molar-refractivity contribution in [2.24, 2.45) is 0 Å². The summed E-state index contributed by atoms with van der Waals surface area (Å²) < 4.78 is 5.38. The van der Waals surface area contributed by atoms with Crippen LogP contribution in [0.5, 0.6) is 0 Å². The van der Waals surface area contributed by atoms with Crippen LogP contribution in [0.3, 0.4) is 0 Å². The molecule has 0 radical (unpaired) electrons. The molecule has 94 valence electrons. The Morgan fingerprint density at radius 3 is 2.50 bits per heavy atom. The summed E-state index contributed by atoms with van der Waals surface area (Å²) in [6.07, 6.45) is 0. The van der Waals surface area contributed by atoms with Crippen molar-refractivity contribution in [2.75, 3.05) is 0 Å². The van der Waals surface area contributed by atoms with E-state index in [1.807, 2.05) is 45.0 Å². The molecule has 0 aliphatic heterocycles. The summed E-state index contributed by atoms with van der Waals surface area (Å²) >= 11 is 0. The Morgan fingerprint density at radius 1 is 1.17 bits per heavy atom. The molecule has 18 heavy (non-hydrogen) atoms. The van der Waals surface area contributed by atoms with E-state index in [0.717, 1.165) is 16.9 Å². The minimum absolute atomic E-state index is 0.172. The minimum Gasteiger partial charge on any atom is -0.456 e. The number of nitrogens with one attached hydrogen (secondary N) is 1. The van der Waals surface area contributed by atoms with E-state index < -0.39 is 0 Å². The molecule has 3 nitrogen and oxygen atoms in total. The molecule has 0 aliphatic rings. The van der Waals surface area contributed by atoms with Crippen molar-refractivity contribution >= 4 is 5.91 Å². The van der Waals surface area contributed by atoms with Crippen LogP contribution < -0.4 is 5.32 Å². The highest BCUT2D eigenvalue weighted by Crippen LogP contribution is 2.13. The molecule has 0 saturated carbocycles. The summed E-state index contributed by atoms with van der Waals surface area (Å²) in [5.41, 5.74) is 3.28. The van der Waals surface area contributed by atoms with E-state index in [-0.39, 0.29) is 5.91 Å². The lowest BCUT2D eigenvalue weighted by Gasteiger charge is -2.06. The summed E-state index contributed by atoms with van der Waals surface area (Å²) in [5, 5.41) is 2.86. The van der Waals surface area contributed by atoms with E-state index in [0.29, 0.717) is 12.3 Å². The Kier molecular flexibility index (Phi) is 3.51. The summed E-state index contributed by atoms with van der Waals surface area (Å²) in [7, 11) is 0. The van der Waals surface area contributed by atoms with Gasteiger partial charge in [0.2, 0.25) is 0 Å². The maximum absolute atomic E-state index is 11.9. The molecule has 1 aromatic carbocycles. The summed E-state index contributed by atoms with van der Waals surface area (Å²) in [4.78, 5) is 11.9. The molecule has 0 aliphatic carbocycles. The van der Waals surface area contributed by atoms with E-state index in [1.165, 1.54) is 5.56 Å². The molecule has 0 fully saturated rings. The fraction of sp³-hybridized carbons (Fsp3) is 0.267. The van der Waals surface area contributed by atoms with Gasteiger partial charge in [-0.1, -0.05) is 24.3 Å². The van der Waals surface area contributed by atoms with Gasteiger partial charge in [0.1, 0.15) is 5.76 Å². The normalized spacial score (nSPS) is 10.4. The van der Waals surface area contributed by atoms with Gasteiger partial charge in [0.05, 0.1) is 0 Å². The smallest absolute Gasteiger partial charge is 0.287 e. The first-order valence-corrected chi connectivity index (χ1v) is 5.97. The first-order valence-electron chi connectivity index (χ1n) is 5.97. The largest absolute Gasteiger partial charge is 0.456 e. The Balaban J connectivity index is 2.03. The molecule has 1 aromatic heterocycles. The van der Waals surface area contributed by atoms with Crippen LogP contribution in [0.1, 0.15) is 33.0 Å². The molecule has 2 rings (SSSR count). The molecule has 0 bridgehead atoms. The topological polar surface area (TPSA) is 42.2 Å². The Morgan fingerprint density at radius 2 is 1.89 bits per heavy atom. The molecule has 2 aromatic rings. The van der Waals surface area contributed by atoms with Crippen LogP contribution in [0.15, 0.2) is 34.7 Å². The highest BCUT2D eigenvalue weighted by Gasteiger charge is 2.12. The first-order chi connectivity index (χ1) is 8.58. The quantitative estimate of drug-likeness (QED) is 0.899. The third kappa shape index (κ3) is 2.62. The van der Waals surface area contributed by atoms with Crippen molar-refractivity contribution in [3.63, 3.8) is 0 Å². The fourth-order valence-electron chi connectivity index (χ4n) is 1.76. The highest BCUT2D eigenvalue weighted by atomic mass is 16.3. The van der Waals surface area contributed by atoms with E-state index in [9.17, 15) is 4.79 Å². The maximum Gasteiger partial charge on any atom is 0.287 e. The van der Waals surface area contributed by atoms with Crippen LogP contribution in [0.25, 0.3) is 0 Å². The summed E-state index contributed by atoms with van der Waals surface area (Å²) in [5.74, 6) is 0.990. The standard InChI is InChI=1S/C15H17NO2/c1-10-6-4-5-7-13(10)9-16-15(17)14-8-11(2)12(3)18-14/h4-8H,9H2,1-3H3,(H,16,17). The zero-order chi connectivity index (χ0) is 13.1. The van der Waals surface area contributed by atoms with Gasteiger partial charge in [0, 0.05) is 6.54 Å². The van der Waals surface area contributed by atoms with E-state index in [2.05, 4.69) is 5.32 Å². The number of rotatable bonds is 3. The number of aryl methyl sites for hydroxylation is 3. The van der Waals surface area contributed by atoms with Gasteiger partial charge in [-0.3, -0.25) is 4.79 Å². The summed E-state index contributed by atoms with van der Waals surface area (Å²) in [6, 6.07) is 9.76. The molecule has 0 spiro atoms. The maximum atomic E-state index is 11.9. The fourth-order valence-corrected chi connectivity index (χ4v) is 1.76. The van der Waals surface area contributed by atoms with Crippen molar-refractivity contribution < 1.29 is 9.21 Å². The van der Waals surface area contributed by atoms with Gasteiger partial charge >= 0.3 is 0 Å². The first kappa shape index (κ1) is 12.4. The molecule has 0 saturated heterocycles. The van der Waals surface area contributed by atoms with Crippen molar-refractivity contribution in [3.05, 3.63) is 58.5 Å². The molecule has 1 heterocycles. The molecule has 3 heteroatoms. The van der Waals surface area contributed by atoms with Gasteiger partial charge in [0.25, 0.3) is 5.91 Å². The molecule has 0 atom stereocenters. The average Bonchev–Trinajstić information content (AvgIpc) is 2.68. The van der Waals surface area contributed by atoms with Gasteiger partial charge in [0.15, 0.2) is 5.76 Å². The number of hydrogen-bond donors (Lipinski definition) is 1. The van der Waals surface area contributed by atoms with E-state index in [1.54, 1.807) is 6.07 Å². The van der Waals surface area contributed by atoms with E-state index in [4.69, 9.17) is 4.42 Å². The average molecular weight is 243 g/mol. The predicted octanol–water partition coefficient (Wildman–Crippen LogP) is 3.13. The Bertz CT molecular complexity index is 550. The second-order valence-corrected chi connectivity index (χ2v) is 4.46. The van der Waals surface area contributed by atoms with Gasteiger partial charge in [-0.25, -0.2) is 0 Å². The van der Waals surface area contributed by atoms with Crippen LogP contribution in [-0.2, 0) is 6.54 Å². The van der Waals surface area contributed by atoms with Crippen molar-refractivity contribution in [3.8, 4) is 0 Å². The minimum atomic E-state index is -0.172. The van der Waals surface area contributed by atoms with Crippen LogP contribution in [0, 0.1) is 20.8 Å². The van der Waals surface area contributed by atoms with Crippen molar-refractivity contribution in [2.45, 2.75) is 27.3 Å². The Hall–Kier alpha value is -2.03. The number of furan rings is 1. The van der Waals surface area contributed by atoms with Crippen molar-refractivity contribution in [1.29, 1.82) is 0 Å². The predicted molar refractivity (Wildman–Crippen MR) is 70.5 cm³/mol. The molecular formula is C15H17NO2. The molecular weight excluding hydrogens is 226 g/mol. The van der Waals surface area contributed by atoms with Gasteiger partial charge in [-0.2, -0.15) is 0 Å². The van der Waals surface area contributed by atoms with Crippen LogP contribution in [0.2, 0.25) is 0 Å². The van der Waals surface area contributed by atoms with Gasteiger partial charge < -0.3 is 9.73 Å². The monoisotopic (exact) mass is 243 g/mol. The van der Waals surface area contributed by atoms with Crippen LogP contribution in [-0.4, -0.2) is 5.91 Å². The lowest BCUT2D eigenvalue weighted by Crippen LogP contribution is -2.22. The molecule has 0 unspecified atom stereocenters. The third-order valence-corrected chi connectivity index (χ3v) is 3.09. The lowest BCUT2D eigenvalue weighted by molar-refractivity contribution is 0.0922. The number of amides is 1. The summed E-state index contributed by atoms with van der Waals surface area (Å²) in [6.45, 7) is 6.33. The second-order valence-electron chi connectivity index (χ2n) is 4.46.